The highest BCUT2D eigenvalue weighted by Crippen LogP contribution is 2.28. The summed E-state index contributed by atoms with van der Waals surface area (Å²) in [5.41, 5.74) is 3.40. The Hall–Kier alpha value is -3.06. The predicted octanol–water partition coefficient (Wildman–Crippen LogP) is 4.63. The van der Waals surface area contributed by atoms with E-state index in [4.69, 9.17) is 0 Å². The number of allylic oxidation sites excluding steroid dienone is 6. The second kappa shape index (κ2) is 8.75. The summed E-state index contributed by atoms with van der Waals surface area (Å²) >= 11 is 0. The summed E-state index contributed by atoms with van der Waals surface area (Å²) < 4.78 is 13.3. The number of H-pyrrole nitrogens is 2. The van der Waals surface area contributed by atoms with Gasteiger partial charge in [-0.1, -0.05) is 25.2 Å². The third-order valence-electron chi connectivity index (χ3n) is 4.12. The van der Waals surface area contributed by atoms with E-state index < -0.39 is 0 Å². The Morgan fingerprint density at radius 1 is 1.18 bits per heavy atom. The molecule has 3 aromatic rings. The topological polar surface area (TPSA) is 73.5 Å². The van der Waals surface area contributed by atoms with Crippen LogP contribution >= 0.6 is 0 Å². The monoisotopic (exact) mass is 380 g/mol. The fourth-order valence-electron chi connectivity index (χ4n) is 2.83. The largest absolute Gasteiger partial charge is 0.302 e. The molecule has 2 N–H and O–H groups in total. The van der Waals surface area contributed by atoms with Crippen LogP contribution in [0, 0.1) is 0 Å². The number of nitrogens with zero attached hydrogens (tertiary/aromatic N) is 4. The molecule has 0 radical (unpaired) electrons. The molecule has 0 fully saturated rings. The fourth-order valence-corrected chi connectivity index (χ4v) is 2.83. The minimum absolute atomic E-state index is 0.253. The average Bonchev–Trinajstić information content (AvgIpc) is 3.28. The molecule has 0 saturated carbocycles. The van der Waals surface area contributed by atoms with Crippen LogP contribution in [-0.4, -0.2) is 44.4 Å². The lowest BCUT2D eigenvalue weighted by molar-refractivity contribution is 0.391. The van der Waals surface area contributed by atoms with Gasteiger partial charge in [-0.3, -0.25) is 10.2 Å². The van der Waals surface area contributed by atoms with Gasteiger partial charge in [0.05, 0.1) is 23.6 Å². The maximum Gasteiger partial charge on any atom is 0.181 e. The molecule has 2 aromatic heterocycles. The van der Waals surface area contributed by atoms with Crippen LogP contribution in [0.1, 0.15) is 31.8 Å². The molecule has 0 aliphatic rings. The van der Waals surface area contributed by atoms with Gasteiger partial charge in [0.2, 0.25) is 0 Å². The van der Waals surface area contributed by atoms with Crippen LogP contribution in [-0.2, 0) is 6.54 Å². The molecule has 6 nitrogen and oxygen atoms in total. The molecule has 0 saturated heterocycles. The smallest absolute Gasteiger partial charge is 0.181 e. The molecule has 7 heteroatoms. The summed E-state index contributed by atoms with van der Waals surface area (Å²) in [6.45, 7) is 4.17. The Morgan fingerprint density at radius 3 is 2.71 bits per heavy atom. The molecule has 0 spiro atoms. The normalized spacial score (nSPS) is 13.4. The van der Waals surface area contributed by atoms with E-state index >= 15 is 0 Å². The SMILES string of the molecule is CC\C=C/C(=C\C=C(/C)F)c1n[nH]c2ccc(-c3n[nH]c(CN(C)C)n3)cc12. The van der Waals surface area contributed by atoms with Crippen molar-refractivity contribution in [3.63, 3.8) is 0 Å². The summed E-state index contributed by atoms with van der Waals surface area (Å²) in [6, 6.07) is 5.93. The molecule has 0 atom stereocenters. The van der Waals surface area contributed by atoms with E-state index in [0.717, 1.165) is 40.0 Å². The van der Waals surface area contributed by atoms with E-state index in [2.05, 4.69) is 32.3 Å². The van der Waals surface area contributed by atoms with Gasteiger partial charge in [-0.05, 0) is 51.7 Å². The zero-order valence-corrected chi connectivity index (χ0v) is 16.6. The van der Waals surface area contributed by atoms with E-state index in [1.807, 2.05) is 49.3 Å². The maximum atomic E-state index is 13.3. The van der Waals surface area contributed by atoms with Crippen LogP contribution in [0.3, 0.4) is 0 Å². The van der Waals surface area contributed by atoms with Crippen molar-refractivity contribution >= 4 is 16.5 Å². The van der Waals surface area contributed by atoms with Crippen molar-refractivity contribution in [1.29, 1.82) is 0 Å². The van der Waals surface area contributed by atoms with Crippen molar-refractivity contribution in [2.24, 2.45) is 0 Å². The van der Waals surface area contributed by atoms with E-state index in [1.54, 1.807) is 6.08 Å². The number of aromatic amines is 2. The van der Waals surface area contributed by atoms with E-state index in [0.29, 0.717) is 12.4 Å². The van der Waals surface area contributed by atoms with Crippen molar-refractivity contribution in [2.75, 3.05) is 14.1 Å². The molecule has 0 aliphatic carbocycles. The molecule has 0 aliphatic heterocycles. The Morgan fingerprint density at radius 2 is 2.00 bits per heavy atom. The first-order valence-electron chi connectivity index (χ1n) is 9.23. The number of halogens is 1. The van der Waals surface area contributed by atoms with Crippen molar-refractivity contribution in [1.82, 2.24) is 30.3 Å². The molecular weight excluding hydrogens is 355 g/mol. The molecular formula is C21H25FN6. The van der Waals surface area contributed by atoms with Crippen LogP contribution in [0.5, 0.6) is 0 Å². The third-order valence-corrected chi connectivity index (χ3v) is 4.12. The van der Waals surface area contributed by atoms with Crippen LogP contribution in [0.2, 0.25) is 0 Å². The van der Waals surface area contributed by atoms with Gasteiger partial charge in [0.15, 0.2) is 5.82 Å². The highest BCUT2D eigenvalue weighted by Gasteiger charge is 2.12. The zero-order chi connectivity index (χ0) is 20.1. The maximum absolute atomic E-state index is 13.3. The third kappa shape index (κ3) is 4.61. The van der Waals surface area contributed by atoms with Gasteiger partial charge in [0, 0.05) is 16.5 Å². The van der Waals surface area contributed by atoms with Gasteiger partial charge in [0.25, 0.3) is 0 Å². The van der Waals surface area contributed by atoms with E-state index in [1.165, 1.54) is 13.0 Å². The van der Waals surface area contributed by atoms with Gasteiger partial charge in [-0.15, -0.1) is 0 Å². The lowest BCUT2D eigenvalue weighted by Gasteiger charge is -2.04. The molecule has 0 bridgehead atoms. The van der Waals surface area contributed by atoms with Gasteiger partial charge in [-0.25, -0.2) is 9.37 Å². The molecule has 28 heavy (non-hydrogen) atoms. The van der Waals surface area contributed by atoms with Crippen LogP contribution in [0.4, 0.5) is 4.39 Å². The molecule has 0 amide bonds. The number of rotatable bonds is 7. The predicted molar refractivity (Wildman–Crippen MR) is 111 cm³/mol. The molecule has 2 heterocycles. The van der Waals surface area contributed by atoms with Crippen LogP contribution < -0.4 is 0 Å². The van der Waals surface area contributed by atoms with Crippen molar-refractivity contribution < 1.29 is 4.39 Å². The number of nitrogens with one attached hydrogen (secondary N) is 2. The average molecular weight is 380 g/mol. The first-order valence-corrected chi connectivity index (χ1v) is 9.23. The molecule has 146 valence electrons. The zero-order valence-electron chi connectivity index (χ0n) is 16.6. The summed E-state index contributed by atoms with van der Waals surface area (Å²) in [5, 5.41) is 15.8. The summed E-state index contributed by atoms with van der Waals surface area (Å²) in [6.07, 6.45) is 8.06. The van der Waals surface area contributed by atoms with Crippen molar-refractivity contribution in [3.05, 3.63) is 59.8 Å². The summed E-state index contributed by atoms with van der Waals surface area (Å²) in [4.78, 5) is 6.60. The van der Waals surface area contributed by atoms with Gasteiger partial charge in [0.1, 0.15) is 5.82 Å². The standard InChI is InChI=1S/C21H25FN6/c1-5-6-7-15(9-8-14(2)22)20-17-12-16(10-11-18(17)24-26-20)21-23-19(25-27-21)13-28(3)4/h6-12H,5,13H2,1-4H3,(H,24,26)(H,23,25,27)/b7-6-,14-8+,15-9+. The quantitative estimate of drug-likeness (QED) is 0.586. The Labute approximate surface area is 163 Å². The van der Waals surface area contributed by atoms with Crippen LogP contribution in [0.25, 0.3) is 27.9 Å². The first-order chi connectivity index (χ1) is 13.5. The number of fused-ring (bicyclic) bond motifs is 1. The first kappa shape index (κ1) is 19.7. The summed E-state index contributed by atoms with van der Waals surface area (Å²) in [5.74, 6) is 1.19. The minimum Gasteiger partial charge on any atom is -0.302 e. The van der Waals surface area contributed by atoms with Crippen molar-refractivity contribution in [3.8, 4) is 11.4 Å². The second-order valence-electron chi connectivity index (χ2n) is 6.86. The van der Waals surface area contributed by atoms with Gasteiger partial charge >= 0.3 is 0 Å². The second-order valence-corrected chi connectivity index (χ2v) is 6.86. The number of hydrogen-bond donors (Lipinski definition) is 2. The van der Waals surface area contributed by atoms with E-state index in [9.17, 15) is 4.39 Å². The van der Waals surface area contributed by atoms with Gasteiger partial charge < -0.3 is 4.90 Å². The van der Waals surface area contributed by atoms with Crippen LogP contribution in [0.15, 0.2) is 48.3 Å². The fraction of sp³-hybridized carbons (Fsp3) is 0.286. The number of benzene rings is 1. The molecule has 0 unspecified atom stereocenters. The van der Waals surface area contributed by atoms with E-state index in [-0.39, 0.29) is 5.83 Å². The minimum atomic E-state index is -0.253. The Bertz CT molecular complexity index is 1030. The van der Waals surface area contributed by atoms with Crippen molar-refractivity contribution in [2.45, 2.75) is 26.8 Å². The van der Waals surface area contributed by atoms with Gasteiger partial charge in [-0.2, -0.15) is 10.2 Å². The number of hydrogen-bond acceptors (Lipinski definition) is 4. The molecule has 3 rings (SSSR count). The highest BCUT2D eigenvalue weighted by atomic mass is 19.1. The lowest BCUT2D eigenvalue weighted by atomic mass is 10.0. The molecule has 1 aromatic carbocycles. The number of aromatic nitrogens is 5. The summed E-state index contributed by atoms with van der Waals surface area (Å²) in [7, 11) is 3.97. The highest BCUT2D eigenvalue weighted by molar-refractivity contribution is 5.95. The Balaban J connectivity index is 2.04. The lowest BCUT2D eigenvalue weighted by Crippen LogP contribution is -2.11. The Kier molecular flexibility index (Phi) is 6.16.